The summed E-state index contributed by atoms with van der Waals surface area (Å²) in [6.45, 7) is 6.27. The minimum absolute atomic E-state index is 0.0160. The SMILES string of the molecule is CCN(CC)[C@H](CNc1ncccc1S(N)(=O)=O)c1ccco1. The van der Waals surface area contributed by atoms with Crippen LogP contribution < -0.4 is 10.5 Å². The number of aromatic nitrogens is 1. The summed E-state index contributed by atoms with van der Waals surface area (Å²) in [6, 6.07) is 6.69. The maximum Gasteiger partial charge on any atom is 0.241 e. The fourth-order valence-corrected chi connectivity index (χ4v) is 3.16. The molecule has 1 atom stereocenters. The number of hydrogen-bond acceptors (Lipinski definition) is 6. The highest BCUT2D eigenvalue weighted by atomic mass is 32.2. The van der Waals surface area contributed by atoms with Gasteiger partial charge in [-0.3, -0.25) is 4.90 Å². The summed E-state index contributed by atoms with van der Waals surface area (Å²) in [4.78, 5) is 6.29. The molecule has 0 radical (unpaired) electrons. The zero-order valence-electron chi connectivity index (χ0n) is 13.3. The quantitative estimate of drug-likeness (QED) is 0.761. The summed E-state index contributed by atoms with van der Waals surface area (Å²) in [6.07, 6.45) is 3.15. The fourth-order valence-electron chi connectivity index (χ4n) is 2.50. The molecule has 0 aliphatic heterocycles. The Bertz CT molecular complexity index is 712. The lowest BCUT2D eigenvalue weighted by atomic mass is 10.2. The van der Waals surface area contributed by atoms with Crippen molar-refractivity contribution in [3.8, 4) is 0 Å². The molecule has 0 saturated heterocycles. The van der Waals surface area contributed by atoms with E-state index in [2.05, 4.69) is 29.0 Å². The van der Waals surface area contributed by atoms with Crippen LogP contribution in [0.25, 0.3) is 0 Å². The monoisotopic (exact) mass is 338 g/mol. The molecule has 2 aromatic heterocycles. The summed E-state index contributed by atoms with van der Waals surface area (Å²) < 4.78 is 28.8. The second-order valence-electron chi connectivity index (χ2n) is 5.03. The molecular formula is C15H22N4O3S. The number of furan rings is 1. The van der Waals surface area contributed by atoms with Crippen molar-refractivity contribution in [2.45, 2.75) is 24.8 Å². The van der Waals surface area contributed by atoms with Crippen molar-refractivity contribution in [3.63, 3.8) is 0 Å². The summed E-state index contributed by atoms with van der Waals surface area (Å²) in [5, 5.41) is 8.32. The van der Waals surface area contributed by atoms with Gasteiger partial charge in [-0.15, -0.1) is 0 Å². The molecule has 3 N–H and O–H groups in total. The fraction of sp³-hybridized carbons (Fsp3) is 0.400. The predicted octanol–water partition coefficient (Wildman–Crippen LogP) is 1.82. The van der Waals surface area contributed by atoms with Crippen LogP contribution >= 0.6 is 0 Å². The molecule has 2 rings (SSSR count). The number of nitrogens with zero attached hydrogens (tertiary/aromatic N) is 2. The van der Waals surface area contributed by atoms with Crippen molar-refractivity contribution in [2.24, 2.45) is 5.14 Å². The second kappa shape index (κ2) is 7.58. The van der Waals surface area contributed by atoms with E-state index in [1.807, 2.05) is 12.1 Å². The van der Waals surface area contributed by atoms with Gasteiger partial charge in [-0.2, -0.15) is 0 Å². The highest BCUT2D eigenvalue weighted by Gasteiger charge is 2.22. The van der Waals surface area contributed by atoms with Gasteiger partial charge < -0.3 is 9.73 Å². The number of sulfonamides is 1. The van der Waals surface area contributed by atoms with E-state index in [0.29, 0.717) is 6.54 Å². The van der Waals surface area contributed by atoms with Crippen LogP contribution in [0.1, 0.15) is 25.6 Å². The molecule has 0 unspecified atom stereocenters. The van der Waals surface area contributed by atoms with E-state index >= 15 is 0 Å². The van der Waals surface area contributed by atoms with E-state index in [0.717, 1.165) is 18.8 Å². The first kappa shape index (κ1) is 17.5. The predicted molar refractivity (Wildman–Crippen MR) is 88.5 cm³/mol. The van der Waals surface area contributed by atoms with Crippen molar-refractivity contribution in [2.75, 3.05) is 25.0 Å². The number of primary sulfonamides is 1. The Labute approximate surface area is 136 Å². The van der Waals surface area contributed by atoms with Crippen LogP contribution in [-0.4, -0.2) is 37.9 Å². The number of hydrogen-bond donors (Lipinski definition) is 2. The first-order valence-corrected chi connectivity index (χ1v) is 9.01. The number of likely N-dealkylation sites (N-methyl/N-ethyl adjacent to an activating group) is 1. The molecule has 0 aromatic carbocycles. The van der Waals surface area contributed by atoms with E-state index in [4.69, 9.17) is 9.56 Å². The first-order chi connectivity index (χ1) is 11.0. The van der Waals surface area contributed by atoms with Crippen LogP contribution in [0, 0.1) is 0 Å². The lowest BCUT2D eigenvalue weighted by molar-refractivity contribution is 0.201. The maximum absolute atomic E-state index is 11.6. The largest absolute Gasteiger partial charge is 0.468 e. The van der Waals surface area contributed by atoms with E-state index < -0.39 is 10.0 Å². The third-order valence-corrected chi connectivity index (χ3v) is 4.61. The van der Waals surface area contributed by atoms with Crippen molar-refractivity contribution in [1.82, 2.24) is 9.88 Å². The van der Waals surface area contributed by atoms with Gasteiger partial charge in [0, 0.05) is 12.7 Å². The topological polar surface area (TPSA) is 101 Å². The van der Waals surface area contributed by atoms with Gasteiger partial charge in [0.25, 0.3) is 0 Å². The second-order valence-corrected chi connectivity index (χ2v) is 6.56. The molecule has 2 heterocycles. The van der Waals surface area contributed by atoms with Gasteiger partial charge in [0.15, 0.2) is 0 Å². The third kappa shape index (κ3) is 4.31. The minimum atomic E-state index is -3.83. The van der Waals surface area contributed by atoms with Crippen molar-refractivity contribution >= 4 is 15.8 Å². The Balaban J connectivity index is 2.23. The lowest BCUT2D eigenvalue weighted by Gasteiger charge is -2.28. The van der Waals surface area contributed by atoms with Crippen molar-refractivity contribution in [1.29, 1.82) is 0 Å². The van der Waals surface area contributed by atoms with Crippen LogP contribution in [0.4, 0.5) is 5.82 Å². The molecule has 8 heteroatoms. The van der Waals surface area contributed by atoms with Crippen LogP contribution in [0.2, 0.25) is 0 Å². The Hall–Kier alpha value is -1.90. The van der Waals surface area contributed by atoms with Gasteiger partial charge in [0.1, 0.15) is 16.5 Å². The van der Waals surface area contributed by atoms with Gasteiger partial charge in [-0.05, 0) is 37.4 Å². The lowest BCUT2D eigenvalue weighted by Crippen LogP contribution is -2.33. The summed E-state index contributed by atoms with van der Waals surface area (Å²) in [5.74, 6) is 1.06. The van der Waals surface area contributed by atoms with Gasteiger partial charge in [-0.1, -0.05) is 13.8 Å². The Morgan fingerprint density at radius 3 is 2.61 bits per heavy atom. The highest BCUT2D eigenvalue weighted by molar-refractivity contribution is 7.89. The van der Waals surface area contributed by atoms with E-state index in [-0.39, 0.29) is 16.8 Å². The van der Waals surface area contributed by atoms with Crippen molar-refractivity contribution < 1.29 is 12.8 Å². The molecule has 0 amide bonds. The van der Waals surface area contributed by atoms with Gasteiger partial charge in [0.2, 0.25) is 10.0 Å². The van der Waals surface area contributed by atoms with Crippen LogP contribution in [-0.2, 0) is 10.0 Å². The standard InChI is InChI=1S/C15H22N4O3S/c1-3-19(4-2)12(13-7-6-10-22-13)11-18-15-14(23(16,20)21)8-5-9-17-15/h5-10,12H,3-4,11H2,1-2H3,(H,17,18)(H2,16,20,21)/t12-/m1/s1. The normalized spacial score (nSPS) is 13.2. The molecule has 2 aromatic rings. The molecule has 0 fully saturated rings. The van der Waals surface area contributed by atoms with E-state index in [1.54, 1.807) is 12.3 Å². The van der Waals surface area contributed by atoms with E-state index in [1.165, 1.54) is 12.3 Å². The highest BCUT2D eigenvalue weighted by Crippen LogP contribution is 2.23. The Morgan fingerprint density at radius 1 is 1.30 bits per heavy atom. The molecular weight excluding hydrogens is 316 g/mol. The number of nitrogens with one attached hydrogen (secondary N) is 1. The molecule has 126 valence electrons. The molecule has 7 nitrogen and oxygen atoms in total. The molecule has 0 bridgehead atoms. The third-order valence-electron chi connectivity index (χ3n) is 3.66. The number of nitrogens with two attached hydrogens (primary N) is 1. The molecule has 0 saturated carbocycles. The number of pyridine rings is 1. The van der Waals surface area contributed by atoms with Gasteiger partial charge in [-0.25, -0.2) is 18.5 Å². The van der Waals surface area contributed by atoms with Crippen LogP contribution in [0.3, 0.4) is 0 Å². The maximum atomic E-state index is 11.6. The minimum Gasteiger partial charge on any atom is -0.468 e. The van der Waals surface area contributed by atoms with Crippen LogP contribution in [0.5, 0.6) is 0 Å². The van der Waals surface area contributed by atoms with Crippen LogP contribution in [0.15, 0.2) is 46.0 Å². The number of anilines is 1. The summed E-state index contributed by atoms with van der Waals surface area (Å²) >= 11 is 0. The zero-order valence-corrected chi connectivity index (χ0v) is 14.1. The molecule has 0 aliphatic rings. The summed E-state index contributed by atoms with van der Waals surface area (Å²) in [7, 11) is -3.83. The van der Waals surface area contributed by atoms with Crippen molar-refractivity contribution in [3.05, 3.63) is 42.5 Å². The average Bonchev–Trinajstić information content (AvgIpc) is 3.05. The molecule has 0 aliphatic carbocycles. The number of rotatable bonds is 8. The smallest absolute Gasteiger partial charge is 0.241 e. The van der Waals surface area contributed by atoms with Gasteiger partial charge >= 0.3 is 0 Å². The van der Waals surface area contributed by atoms with E-state index in [9.17, 15) is 8.42 Å². The summed E-state index contributed by atoms with van der Waals surface area (Å²) in [5.41, 5.74) is 0. The average molecular weight is 338 g/mol. The Kier molecular flexibility index (Phi) is 5.75. The zero-order chi connectivity index (χ0) is 16.9. The molecule has 23 heavy (non-hydrogen) atoms. The molecule has 0 spiro atoms. The van der Waals surface area contributed by atoms with Gasteiger partial charge in [0.05, 0.1) is 12.3 Å². The first-order valence-electron chi connectivity index (χ1n) is 7.46. The Morgan fingerprint density at radius 2 is 2.04 bits per heavy atom.